The number of hydrogen-bond acceptors (Lipinski definition) is 6. The molecular weight excluding hydrogens is 267 g/mol. The fourth-order valence-corrected chi connectivity index (χ4v) is 2.56. The molecule has 1 aromatic rings. The summed E-state index contributed by atoms with van der Waals surface area (Å²) in [5, 5.41) is 5.69. The highest BCUT2D eigenvalue weighted by Crippen LogP contribution is 2.28. The minimum atomic E-state index is -0.645. The Morgan fingerprint density at radius 2 is 1.45 bits per heavy atom. The Kier molecular flexibility index (Phi) is 3.83. The first-order chi connectivity index (χ1) is 9.77. The van der Waals surface area contributed by atoms with Crippen LogP contribution in [-0.4, -0.2) is 62.8 Å². The topological polar surface area (TPSA) is 70.7 Å². The van der Waals surface area contributed by atoms with Gasteiger partial charge in [0.2, 0.25) is 0 Å². The smallest absolute Gasteiger partial charge is 0.290 e. The average Bonchev–Trinajstić information content (AvgIpc) is 2.51. The predicted octanol–water partition coefficient (Wildman–Crippen LogP) is -0.418. The van der Waals surface area contributed by atoms with E-state index in [2.05, 4.69) is 10.2 Å². The van der Waals surface area contributed by atoms with E-state index in [0.29, 0.717) is 58.3 Å². The molecule has 1 N–H and O–H groups in total. The van der Waals surface area contributed by atoms with E-state index in [9.17, 15) is 9.18 Å². The minimum absolute atomic E-state index is 0.277. The number of aromatic amines is 1. The van der Waals surface area contributed by atoms with Crippen LogP contribution in [0.3, 0.4) is 0 Å². The molecule has 0 unspecified atom stereocenters. The van der Waals surface area contributed by atoms with Crippen LogP contribution in [0, 0.1) is 5.95 Å². The summed E-state index contributed by atoms with van der Waals surface area (Å²) in [6.45, 7) is 4.37. The molecule has 20 heavy (non-hydrogen) atoms. The standard InChI is InChI=1S/C12H17FN4O3/c13-11-9(16-1-5-19-6-2-16)10(12(18)15-14-11)17-3-7-20-8-4-17/h1-8H2,(H,15,18). The van der Waals surface area contributed by atoms with E-state index in [4.69, 9.17) is 9.47 Å². The molecule has 8 heteroatoms. The van der Waals surface area contributed by atoms with Gasteiger partial charge in [0.15, 0.2) is 0 Å². The third-order valence-electron chi connectivity index (χ3n) is 3.55. The number of halogens is 1. The van der Waals surface area contributed by atoms with Crippen molar-refractivity contribution in [3.05, 3.63) is 16.3 Å². The van der Waals surface area contributed by atoms with Crippen LogP contribution in [0.2, 0.25) is 0 Å². The third kappa shape index (κ3) is 2.48. The summed E-state index contributed by atoms with van der Waals surface area (Å²) >= 11 is 0. The Morgan fingerprint density at radius 3 is 2.00 bits per heavy atom. The zero-order valence-electron chi connectivity index (χ0n) is 11.1. The van der Waals surface area contributed by atoms with E-state index >= 15 is 0 Å². The molecule has 0 aliphatic carbocycles. The van der Waals surface area contributed by atoms with Crippen molar-refractivity contribution in [2.45, 2.75) is 0 Å². The Bertz CT molecular complexity index is 524. The van der Waals surface area contributed by atoms with Gasteiger partial charge in [-0.3, -0.25) is 4.79 Å². The SMILES string of the molecule is O=c1[nH]nc(F)c(N2CCOCC2)c1N1CCOCC1. The van der Waals surface area contributed by atoms with Gasteiger partial charge in [-0.05, 0) is 0 Å². The van der Waals surface area contributed by atoms with Crippen molar-refractivity contribution in [1.82, 2.24) is 10.2 Å². The Hall–Kier alpha value is -1.67. The zero-order chi connectivity index (χ0) is 13.9. The van der Waals surface area contributed by atoms with Crippen molar-refractivity contribution >= 4 is 11.4 Å². The second-order valence-electron chi connectivity index (χ2n) is 4.74. The highest BCUT2D eigenvalue weighted by atomic mass is 19.1. The number of nitrogens with zero attached hydrogens (tertiary/aromatic N) is 3. The fraction of sp³-hybridized carbons (Fsp3) is 0.667. The molecule has 2 aliphatic rings. The van der Waals surface area contributed by atoms with E-state index in [1.807, 2.05) is 9.80 Å². The normalized spacial score (nSPS) is 20.2. The number of nitrogens with one attached hydrogen (secondary N) is 1. The van der Waals surface area contributed by atoms with Crippen LogP contribution in [0.1, 0.15) is 0 Å². The maximum absolute atomic E-state index is 14.1. The van der Waals surface area contributed by atoms with Crippen LogP contribution in [0.4, 0.5) is 15.8 Å². The number of morpholine rings is 2. The molecule has 2 fully saturated rings. The van der Waals surface area contributed by atoms with Gasteiger partial charge in [0.25, 0.3) is 11.5 Å². The van der Waals surface area contributed by atoms with Crippen LogP contribution >= 0.6 is 0 Å². The summed E-state index contributed by atoms with van der Waals surface area (Å²) in [5.41, 5.74) is 0.261. The number of anilines is 2. The molecule has 110 valence electrons. The summed E-state index contributed by atoms with van der Waals surface area (Å²) in [4.78, 5) is 15.8. The first kappa shape index (κ1) is 13.3. The second kappa shape index (κ2) is 5.76. The van der Waals surface area contributed by atoms with Gasteiger partial charge in [0.05, 0.1) is 26.4 Å². The highest BCUT2D eigenvalue weighted by Gasteiger charge is 2.26. The van der Waals surface area contributed by atoms with Gasteiger partial charge in [0.1, 0.15) is 11.4 Å². The summed E-state index contributed by atoms with van der Waals surface area (Å²) in [7, 11) is 0. The lowest BCUT2D eigenvalue weighted by Gasteiger charge is -2.34. The van der Waals surface area contributed by atoms with Crippen LogP contribution in [-0.2, 0) is 9.47 Å². The lowest BCUT2D eigenvalue weighted by Crippen LogP contribution is -2.43. The van der Waals surface area contributed by atoms with E-state index in [1.54, 1.807) is 0 Å². The van der Waals surface area contributed by atoms with Gasteiger partial charge in [0, 0.05) is 26.2 Å². The van der Waals surface area contributed by atoms with Crippen molar-refractivity contribution in [2.24, 2.45) is 0 Å². The monoisotopic (exact) mass is 284 g/mol. The van der Waals surface area contributed by atoms with E-state index in [1.165, 1.54) is 0 Å². The van der Waals surface area contributed by atoms with Gasteiger partial charge in [-0.1, -0.05) is 0 Å². The molecule has 0 saturated carbocycles. The lowest BCUT2D eigenvalue weighted by atomic mass is 10.2. The van der Waals surface area contributed by atoms with Crippen molar-refractivity contribution in [3.8, 4) is 0 Å². The molecule has 0 amide bonds. The van der Waals surface area contributed by atoms with Crippen molar-refractivity contribution in [1.29, 1.82) is 0 Å². The van der Waals surface area contributed by atoms with Crippen LogP contribution < -0.4 is 15.4 Å². The molecule has 2 saturated heterocycles. The molecule has 0 aromatic carbocycles. The van der Waals surface area contributed by atoms with Gasteiger partial charge in [-0.25, -0.2) is 5.10 Å². The van der Waals surface area contributed by atoms with Crippen molar-refractivity contribution < 1.29 is 13.9 Å². The minimum Gasteiger partial charge on any atom is -0.378 e. The van der Waals surface area contributed by atoms with E-state index in [0.717, 1.165) is 0 Å². The van der Waals surface area contributed by atoms with Crippen LogP contribution in [0.15, 0.2) is 4.79 Å². The number of hydrogen-bond donors (Lipinski definition) is 1. The number of ether oxygens (including phenoxy) is 2. The number of H-pyrrole nitrogens is 1. The Balaban J connectivity index is 2.01. The first-order valence-corrected chi connectivity index (χ1v) is 6.71. The molecule has 7 nitrogen and oxygen atoms in total. The summed E-state index contributed by atoms with van der Waals surface area (Å²) in [6.07, 6.45) is 0. The van der Waals surface area contributed by atoms with Crippen LogP contribution in [0.25, 0.3) is 0 Å². The molecule has 3 rings (SSSR count). The number of aromatic nitrogens is 2. The number of rotatable bonds is 2. The summed E-state index contributed by atoms with van der Waals surface area (Å²) in [6, 6.07) is 0. The Morgan fingerprint density at radius 1 is 0.950 bits per heavy atom. The van der Waals surface area contributed by atoms with Gasteiger partial charge in [-0.2, -0.15) is 4.39 Å². The molecule has 2 aliphatic heterocycles. The maximum Gasteiger partial charge on any atom is 0.290 e. The highest BCUT2D eigenvalue weighted by molar-refractivity contribution is 5.70. The largest absolute Gasteiger partial charge is 0.378 e. The molecule has 0 atom stereocenters. The molecule has 0 radical (unpaired) electrons. The zero-order valence-corrected chi connectivity index (χ0v) is 11.1. The van der Waals surface area contributed by atoms with E-state index < -0.39 is 5.95 Å². The average molecular weight is 284 g/mol. The molecular formula is C12H17FN4O3. The van der Waals surface area contributed by atoms with Gasteiger partial charge in [-0.15, -0.1) is 5.10 Å². The molecule has 1 aromatic heterocycles. The van der Waals surface area contributed by atoms with Crippen molar-refractivity contribution in [3.63, 3.8) is 0 Å². The van der Waals surface area contributed by atoms with E-state index in [-0.39, 0.29) is 11.2 Å². The second-order valence-corrected chi connectivity index (χ2v) is 4.74. The molecule has 0 bridgehead atoms. The summed E-state index contributed by atoms with van der Waals surface area (Å²) in [5.74, 6) is -0.645. The lowest BCUT2D eigenvalue weighted by molar-refractivity contribution is 0.120. The fourth-order valence-electron chi connectivity index (χ4n) is 2.56. The molecule has 0 spiro atoms. The predicted molar refractivity (Wildman–Crippen MR) is 70.9 cm³/mol. The third-order valence-corrected chi connectivity index (χ3v) is 3.55. The maximum atomic E-state index is 14.1. The van der Waals surface area contributed by atoms with Crippen molar-refractivity contribution in [2.75, 3.05) is 62.4 Å². The van der Waals surface area contributed by atoms with Crippen LogP contribution in [0.5, 0.6) is 0 Å². The quantitative estimate of drug-likeness (QED) is 0.795. The van der Waals surface area contributed by atoms with Gasteiger partial charge >= 0.3 is 0 Å². The summed E-state index contributed by atoms with van der Waals surface area (Å²) < 4.78 is 24.7. The Labute approximate surface area is 115 Å². The molecule has 3 heterocycles. The first-order valence-electron chi connectivity index (χ1n) is 6.71. The van der Waals surface area contributed by atoms with Gasteiger partial charge < -0.3 is 19.3 Å².